The molecule has 0 saturated carbocycles. The molecule has 0 aliphatic carbocycles. The third kappa shape index (κ3) is 3.45. The molecular weight excluding hydrogens is 296 g/mol. The molecule has 0 aliphatic rings. The van der Waals surface area contributed by atoms with Gasteiger partial charge in [-0.3, -0.25) is 0 Å². The molecule has 3 nitrogen and oxygen atoms in total. The summed E-state index contributed by atoms with van der Waals surface area (Å²) in [5, 5.41) is 9.64. The number of ether oxygens (including phenoxy) is 1. The van der Waals surface area contributed by atoms with E-state index in [9.17, 15) is 9.90 Å². The molecule has 0 saturated heterocycles. The van der Waals surface area contributed by atoms with Crippen molar-refractivity contribution in [1.29, 1.82) is 0 Å². The standard InChI is InChI=1S/C18H20O3S/c1-4-13-10-11-15(16(18(19)20)17(13)21-3)12(2)22-14-8-6-5-7-9-14/h5-12H,4H2,1-3H3,(H,19,20). The summed E-state index contributed by atoms with van der Waals surface area (Å²) < 4.78 is 5.38. The molecule has 0 bridgehead atoms. The van der Waals surface area contributed by atoms with Gasteiger partial charge < -0.3 is 9.84 Å². The lowest BCUT2D eigenvalue weighted by atomic mass is 9.98. The summed E-state index contributed by atoms with van der Waals surface area (Å²) in [5.74, 6) is -0.462. The van der Waals surface area contributed by atoms with Gasteiger partial charge in [0, 0.05) is 10.1 Å². The van der Waals surface area contributed by atoms with Crippen molar-refractivity contribution in [2.75, 3.05) is 7.11 Å². The maximum atomic E-state index is 11.7. The lowest BCUT2D eigenvalue weighted by Gasteiger charge is -2.18. The Morgan fingerprint density at radius 2 is 1.91 bits per heavy atom. The number of hydrogen-bond acceptors (Lipinski definition) is 3. The quantitative estimate of drug-likeness (QED) is 0.777. The summed E-state index contributed by atoms with van der Waals surface area (Å²) in [5.41, 5.74) is 1.98. The molecule has 2 aromatic rings. The largest absolute Gasteiger partial charge is 0.496 e. The highest BCUT2D eigenvalue weighted by Gasteiger charge is 2.23. The van der Waals surface area contributed by atoms with Gasteiger partial charge >= 0.3 is 5.97 Å². The molecule has 1 N–H and O–H groups in total. The summed E-state index contributed by atoms with van der Waals surface area (Å²) in [4.78, 5) is 12.9. The fourth-order valence-corrected chi connectivity index (χ4v) is 3.52. The van der Waals surface area contributed by atoms with Gasteiger partial charge in [-0.2, -0.15) is 0 Å². The van der Waals surface area contributed by atoms with E-state index in [1.54, 1.807) is 11.8 Å². The Bertz CT molecular complexity index is 653. The highest BCUT2D eigenvalue weighted by molar-refractivity contribution is 7.99. The summed E-state index contributed by atoms with van der Waals surface area (Å²) in [6.07, 6.45) is 0.740. The zero-order chi connectivity index (χ0) is 16.1. The maximum absolute atomic E-state index is 11.7. The Kier molecular flexibility index (Phi) is 5.50. The molecule has 0 spiro atoms. The molecule has 0 aromatic heterocycles. The summed E-state index contributed by atoms with van der Waals surface area (Å²) in [7, 11) is 1.53. The topological polar surface area (TPSA) is 46.5 Å². The van der Waals surface area contributed by atoms with Crippen LogP contribution in [-0.4, -0.2) is 18.2 Å². The first-order valence-electron chi connectivity index (χ1n) is 7.23. The SMILES string of the molecule is CCc1ccc(C(C)Sc2ccccc2)c(C(=O)O)c1OC. The maximum Gasteiger partial charge on any atom is 0.339 e. The minimum Gasteiger partial charge on any atom is -0.496 e. The first-order valence-corrected chi connectivity index (χ1v) is 8.11. The number of rotatable bonds is 6. The van der Waals surface area contributed by atoms with Gasteiger partial charge in [0.25, 0.3) is 0 Å². The van der Waals surface area contributed by atoms with Gasteiger partial charge in [-0.25, -0.2) is 4.79 Å². The van der Waals surface area contributed by atoms with E-state index in [4.69, 9.17) is 4.74 Å². The number of aromatic carboxylic acids is 1. The predicted molar refractivity (Wildman–Crippen MR) is 90.0 cm³/mol. The molecule has 1 unspecified atom stereocenters. The average Bonchev–Trinajstić information content (AvgIpc) is 2.53. The number of thioether (sulfide) groups is 1. The zero-order valence-electron chi connectivity index (χ0n) is 13.0. The van der Waals surface area contributed by atoms with Crippen LogP contribution in [0.2, 0.25) is 0 Å². The number of carbonyl (C=O) groups is 1. The van der Waals surface area contributed by atoms with Gasteiger partial charge in [0.2, 0.25) is 0 Å². The molecule has 0 fully saturated rings. The summed E-state index contributed by atoms with van der Waals surface area (Å²) in [6.45, 7) is 4.01. The second-order valence-corrected chi connectivity index (χ2v) is 6.37. The van der Waals surface area contributed by atoms with Crippen LogP contribution in [0.1, 0.15) is 40.6 Å². The minimum absolute atomic E-state index is 0.0216. The third-order valence-corrected chi connectivity index (χ3v) is 4.72. The third-order valence-electron chi connectivity index (χ3n) is 3.56. The molecule has 2 rings (SSSR count). The Balaban J connectivity index is 2.43. The van der Waals surface area contributed by atoms with Crippen LogP contribution in [0, 0.1) is 0 Å². The van der Waals surface area contributed by atoms with Crippen LogP contribution in [0.4, 0.5) is 0 Å². The molecular formula is C18H20O3S. The van der Waals surface area contributed by atoms with Crippen LogP contribution in [0.25, 0.3) is 0 Å². The van der Waals surface area contributed by atoms with Crippen molar-refractivity contribution in [3.05, 3.63) is 59.2 Å². The van der Waals surface area contributed by atoms with Crippen LogP contribution < -0.4 is 4.74 Å². The van der Waals surface area contributed by atoms with Gasteiger partial charge in [-0.05, 0) is 36.6 Å². The van der Waals surface area contributed by atoms with Crippen LogP contribution in [0.5, 0.6) is 5.75 Å². The van der Waals surface area contributed by atoms with E-state index in [0.29, 0.717) is 5.75 Å². The number of aryl methyl sites for hydroxylation is 1. The second-order valence-electron chi connectivity index (χ2n) is 4.95. The molecule has 2 aromatic carbocycles. The van der Waals surface area contributed by atoms with Gasteiger partial charge in [0.15, 0.2) is 0 Å². The smallest absolute Gasteiger partial charge is 0.339 e. The summed E-state index contributed by atoms with van der Waals surface area (Å²) in [6, 6.07) is 13.9. The molecule has 0 aliphatic heterocycles. The van der Waals surface area contributed by atoms with Gasteiger partial charge in [-0.15, -0.1) is 11.8 Å². The Morgan fingerprint density at radius 1 is 1.23 bits per heavy atom. The number of methoxy groups -OCH3 is 1. The zero-order valence-corrected chi connectivity index (χ0v) is 13.8. The van der Waals surface area contributed by atoms with E-state index in [1.807, 2.05) is 56.3 Å². The normalized spacial score (nSPS) is 12.0. The molecule has 22 heavy (non-hydrogen) atoms. The lowest BCUT2D eigenvalue weighted by molar-refractivity contribution is 0.0692. The van der Waals surface area contributed by atoms with Crippen molar-refractivity contribution < 1.29 is 14.6 Å². The molecule has 116 valence electrons. The highest BCUT2D eigenvalue weighted by atomic mass is 32.2. The van der Waals surface area contributed by atoms with E-state index >= 15 is 0 Å². The van der Waals surface area contributed by atoms with Crippen molar-refractivity contribution >= 4 is 17.7 Å². The molecule has 0 radical (unpaired) electrons. The van der Waals surface area contributed by atoms with E-state index < -0.39 is 5.97 Å². The van der Waals surface area contributed by atoms with Gasteiger partial charge in [0.05, 0.1) is 7.11 Å². The first kappa shape index (κ1) is 16.4. The van der Waals surface area contributed by atoms with E-state index in [1.165, 1.54) is 7.11 Å². The first-order chi connectivity index (χ1) is 10.6. The van der Waals surface area contributed by atoms with Crippen LogP contribution in [0.15, 0.2) is 47.4 Å². The van der Waals surface area contributed by atoms with Gasteiger partial charge in [-0.1, -0.05) is 37.3 Å². The molecule has 1 atom stereocenters. The van der Waals surface area contributed by atoms with Crippen LogP contribution >= 0.6 is 11.8 Å². The van der Waals surface area contributed by atoms with Crippen molar-refractivity contribution in [3.63, 3.8) is 0 Å². The Hall–Kier alpha value is -1.94. The van der Waals surface area contributed by atoms with E-state index in [0.717, 1.165) is 22.4 Å². The predicted octanol–water partition coefficient (Wildman–Crippen LogP) is 4.81. The monoisotopic (exact) mass is 316 g/mol. The van der Waals surface area contributed by atoms with Crippen molar-refractivity contribution in [1.82, 2.24) is 0 Å². The minimum atomic E-state index is -0.942. The summed E-state index contributed by atoms with van der Waals surface area (Å²) >= 11 is 1.64. The van der Waals surface area contributed by atoms with Crippen molar-refractivity contribution in [2.24, 2.45) is 0 Å². The lowest BCUT2D eigenvalue weighted by Crippen LogP contribution is -2.09. The number of carboxylic acids is 1. The van der Waals surface area contributed by atoms with Crippen molar-refractivity contribution in [2.45, 2.75) is 30.4 Å². The number of hydrogen-bond donors (Lipinski definition) is 1. The van der Waals surface area contributed by atoms with Crippen molar-refractivity contribution in [3.8, 4) is 5.75 Å². The molecule has 0 heterocycles. The fourth-order valence-electron chi connectivity index (χ4n) is 2.48. The van der Waals surface area contributed by atoms with E-state index in [2.05, 4.69) is 0 Å². The van der Waals surface area contributed by atoms with E-state index in [-0.39, 0.29) is 10.8 Å². The average molecular weight is 316 g/mol. The van der Waals surface area contributed by atoms with Crippen LogP contribution in [-0.2, 0) is 6.42 Å². The number of carboxylic acid groups (broad SMARTS) is 1. The fraction of sp³-hybridized carbons (Fsp3) is 0.278. The Labute approximate surface area is 135 Å². The highest BCUT2D eigenvalue weighted by Crippen LogP contribution is 2.40. The van der Waals surface area contributed by atoms with Gasteiger partial charge in [0.1, 0.15) is 11.3 Å². The number of benzene rings is 2. The molecule has 0 amide bonds. The molecule has 4 heteroatoms. The van der Waals surface area contributed by atoms with Crippen LogP contribution in [0.3, 0.4) is 0 Å². The Morgan fingerprint density at radius 3 is 2.45 bits per heavy atom. The second kappa shape index (κ2) is 7.36.